The fourth-order valence-electron chi connectivity index (χ4n) is 4.76. The molecule has 0 saturated carbocycles. The minimum absolute atomic E-state index is 0.00553. The smallest absolute Gasteiger partial charge is 0.134 e. The molecule has 1 aliphatic rings. The Labute approximate surface area is 147 Å². The normalized spacial score (nSPS) is 25.0. The molecular weight excluding hydrogens is 294 g/mol. The van der Waals surface area contributed by atoms with Crippen molar-refractivity contribution in [2.24, 2.45) is 10.8 Å². The van der Waals surface area contributed by atoms with Gasteiger partial charge in [-0.05, 0) is 63.6 Å². The number of hydrogen-bond acceptors (Lipinski definition) is 2. The molecule has 3 rings (SSSR count). The molecule has 0 amide bonds. The van der Waals surface area contributed by atoms with Gasteiger partial charge in [0.25, 0.3) is 0 Å². The van der Waals surface area contributed by atoms with Gasteiger partial charge in [0.1, 0.15) is 11.3 Å². The lowest BCUT2D eigenvalue weighted by atomic mass is 9.48. The highest BCUT2D eigenvalue weighted by Crippen LogP contribution is 2.61. The minimum atomic E-state index is 0.00553. The number of aryl methyl sites for hydroxylation is 1. The van der Waals surface area contributed by atoms with Crippen LogP contribution in [0.4, 0.5) is 0 Å². The zero-order valence-electron chi connectivity index (χ0n) is 16.8. The van der Waals surface area contributed by atoms with Gasteiger partial charge in [0.05, 0.1) is 0 Å². The summed E-state index contributed by atoms with van der Waals surface area (Å²) in [6, 6.07) is 8.72. The van der Waals surface area contributed by atoms with Crippen molar-refractivity contribution >= 4 is 11.0 Å². The van der Waals surface area contributed by atoms with Crippen LogP contribution in [0.3, 0.4) is 0 Å². The number of hydrogen-bond donors (Lipinski definition) is 1. The number of rotatable bonds is 1. The number of fused-ring (bicyclic) bond motifs is 1. The highest BCUT2D eigenvalue weighted by Gasteiger charge is 2.61. The van der Waals surface area contributed by atoms with Crippen molar-refractivity contribution in [1.29, 1.82) is 0 Å². The first-order valence-electron chi connectivity index (χ1n) is 9.09. The van der Waals surface area contributed by atoms with E-state index in [1.807, 2.05) is 0 Å². The van der Waals surface area contributed by atoms with Crippen LogP contribution in [0, 0.1) is 17.8 Å². The van der Waals surface area contributed by atoms with E-state index in [2.05, 4.69) is 91.9 Å². The Morgan fingerprint density at radius 1 is 0.833 bits per heavy atom. The van der Waals surface area contributed by atoms with Crippen molar-refractivity contribution < 1.29 is 4.42 Å². The second-order valence-corrected chi connectivity index (χ2v) is 9.94. The Morgan fingerprint density at radius 3 is 1.92 bits per heavy atom. The summed E-state index contributed by atoms with van der Waals surface area (Å²) in [4.78, 5) is 0. The van der Waals surface area contributed by atoms with Gasteiger partial charge in [0, 0.05) is 22.4 Å². The molecule has 0 aliphatic carbocycles. The van der Waals surface area contributed by atoms with Crippen LogP contribution in [-0.2, 0) is 0 Å². The molecule has 0 bridgehead atoms. The molecule has 2 heterocycles. The van der Waals surface area contributed by atoms with Crippen molar-refractivity contribution in [2.45, 2.75) is 79.3 Å². The van der Waals surface area contributed by atoms with Crippen LogP contribution < -0.4 is 5.32 Å². The molecule has 1 aromatic carbocycles. The Bertz CT molecular complexity index is 750. The molecule has 2 heteroatoms. The van der Waals surface area contributed by atoms with Gasteiger partial charge in [0.15, 0.2) is 0 Å². The van der Waals surface area contributed by atoms with E-state index in [-0.39, 0.29) is 21.9 Å². The van der Waals surface area contributed by atoms with Crippen molar-refractivity contribution in [1.82, 2.24) is 5.32 Å². The van der Waals surface area contributed by atoms with Gasteiger partial charge >= 0.3 is 0 Å². The third kappa shape index (κ3) is 2.26. The van der Waals surface area contributed by atoms with Crippen LogP contribution in [0.2, 0.25) is 0 Å². The number of nitrogens with one attached hydrogen (secondary N) is 1. The van der Waals surface area contributed by atoms with E-state index in [9.17, 15) is 0 Å². The van der Waals surface area contributed by atoms with Gasteiger partial charge in [-0.25, -0.2) is 0 Å². The van der Waals surface area contributed by atoms with Crippen LogP contribution in [0.15, 0.2) is 28.7 Å². The molecule has 0 spiro atoms. The van der Waals surface area contributed by atoms with E-state index in [1.165, 1.54) is 10.9 Å². The number of furan rings is 1. The van der Waals surface area contributed by atoms with Crippen LogP contribution in [0.5, 0.6) is 0 Å². The maximum Gasteiger partial charge on any atom is 0.134 e. The molecule has 2 nitrogen and oxygen atoms in total. The Hall–Kier alpha value is -1.28. The molecule has 1 N–H and O–H groups in total. The number of benzene rings is 1. The van der Waals surface area contributed by atoms with Crippen molar-refractivity contribution in [2.75, 3.05) is 0 Å². The van der Waals surface area contributed by atoms with E-state index in [0.717, 1.165) is 11.3 Å². The summed E-state index contributed by atoms with van der Waals surface area (Å²) >= 11 is 0. The van der Waals surface area contributed by atoms with Crippen molar-refractivity contribution in [3.8, 4) is 0 Å². The zero-order chi connectivity index (χ0) is 18.1. The first-order valence-corrected chi connectivity index (χ1v) is 9.09. The third-order valence-electron chi connectivity index (χ3n) is 7.27. The Balaban J connectivity index is 2.23. The Morgan fingerprint density at radius 2 is 1.38 bits per heavy atom. The first-order chi connectivity index (χ1) is 10.8. The molecule has 0 radical (unpaired) electrons. The fraction of sp³-hybridized carbons (Fsp3) is 0.636. The summed E-state index contributed by atoms with van der Waals surface area (Å²) in [7, 11) is 0. The molecule has 0 atom stereocenters. The summed E-state index contributed by atoms with van der Waals surface area (Å²) in [5, 5.41) is 5.13. The van der Waals surface area contributed by atoms with Crippen LogP contribution in [0.25, 0.3) is 11.0 Å². The van der Waals surface area contributed by atoms with E-state index >= 15 is 0 Å². The van der Waals surface area contributed by atoms with Gasteiger partial charge in [-0.1, -0.05) is 39.3 Å². The monoisotopic (exact) mass is 327 g/mol. The molecule has 0 unspecified atom stereocenters. The van der Waals surface area contributed by atoms with Crippen LogP contribution in [0.1, 0.15) is 72.6 Å². The standard InChI is InChI=1S/C22H33NO/c1-14-10-11-16-15(12-14)13-17(24-16)18-19(2,3)21(6,7)23-22(8,9)20(18,4)5/h10-13,18,23H,1-9H3. The average Bonchev–Trinajstić information content (AvgIpc) is 2.77. The maximum absolute atomic E-state index is 6.39. The highest BCUT2D eigenvalue weighted by molar-refractivity contribution is 5.79. The quantitative estimate of drug-likeness (QED) is 0.691. The van der Waals surface area contributed by atoms with E-state index in [1.54, 1.807) is 0 Å². The molecule has 2 aromatic rings. The van der Waals surface area contributed by atoms with Crippen molar-refractivity contribution in [3.63, 3.8) is 0 Å². The fourth-order valence-corrected chi connectivity index (χ4v) is 4.76. The summed E-state index contributed by atoms with van der Waals surface area (Å²) in [5.41, 5.74) is 2.39. The lowest BCUT2D eigenvalue weighted by Crippen LogP contribution is -2.72. The van der Waals surface area contributed by atoms with Gasteiger partial charge in [-0.3, -0.25) is 0 Å². The molecule has 1 fully saturated rings. The lowest BCUT2D eigenvalue weighted by molar-refractivity contribution is -0.0793. The summed E-state index contributed by atoms with van der Waals surface area (Å²) in [5.74, 6) is 1.44. The molecule has 1 saturated heterocycles. The van der Waals surface area contributed by atoms with Crippen LogP contribution in [-0.4, -0.2) is 11.1 Å². The largest absolute Gasteiger partial charge is 0.461 e. The third-order valence-corrected chi connectivity index (χ3v) is 7.27. The molecule has 1 aliphatic heterocycles. The van der Waals surface area contributed by atoms with Crippen molar-refractivity contribution in [3.05, 3.63) is 35.6 Å². The SMILES string of the molecule is Cc1ccc2oc(C3C(C)(C)C(C)(C)NC(C)(C)C3(C)C)cc2c1. The molecule has 132 valence electrons. The second-order valence-electron chi connectivity index (χ2n) is 9.94. The Kier molecular flexibility index (Phi) is 3.57. The predicted molar refractivity (Wildman–Crippen MR) is 103 cm³/mol. The van der Waals surface area contributed by atoms with Gasteiger partial charge in [-0.15, -0.1) is 0 Å². The molecule has 24 heavy (non-hydrogen) atoms. The predicted octanol–water partition coefficient (Wildman–Crippen LogP) is 6.04. The zero-order valence-corrected chi connectivity index (χ0v) is 16.8. The highest BCUT2D eigenvalue weighted by atomic mass is 16.3. The summed E-state index contributed by atoms with van der Waals surface area (Å²) in [6.07, 6.45) is 0. The van der Waals surface area contributed by atoms with E-state index in [0.29, 0.717) is 5.92 Å². The molecule has 1 aromatic heterocycles. The van der Waals surface area contributed by atoms with E-state index in [4.69, 9.17) is 4.42 Å². The first kappa shape index (κ1) is 17.5. The average molecular weight is 328 g/mol. The summed E-state index contributed by atoms with van der Waals surface area (Å²) < 4.78 is 6.39. The van der Waals surface area contributed by atoms with Gasteiger partial charge < -0.3 is 9.73 Å². The second kappa shape index (κ2) is 4.88. The maximum atomic E-state index is 6.39. The van der Waals surface area contributed by atoms with Gasteiger partial charge in [0.2, 0.25) is 0 Å². The van der Waals surface area contributed by atoms with E-state index < -0.39 is 0 Å². The van der Waals surface area contributed by atoms with Gasteiger partial charge in [-0.2, -0.15) is 0 Å². The minimum Gasteiger partial charge on any atom is -0.461 e. The van der Waals surface area contributed by atoms with Crippen LogP contribution >= 0.6 is 0 Å². The lowest BCUT2D eigenvalue weighted by Gasteiger charge is -2.64. The summed E-state index contributed by atoms with van der Waals surface area (Å²) in [6.45, 7) is 20.9. The molecular formula is C22H33NO. The topological polar surface area (TPSA) is 25.2 Å². The number of piperidine rings is 1.